The Morgan fingerprint density at radius 2 is 2.07 bits per heavy atom. The van der Waals surface area contributed by atoms with Crippen molar-refractivity contribution in [1.82, 2.24) is 9.80 Å². The Bertz CT molecular complexity index is 711. The van der Waals surface area contributed by atoms with E-state index < -0.39 is 0 Å². The van der Waals surface area contributed by atoms with E-state index >= 15 is 0 Å². The number of nitrogens with zero attached hydrogens (tertiary/aromatic N) is 2. The molecule has 3 aliphatic rings. The number of halogens is 1. The number of hydrogen-bond acceptors (Lipinski definition) is 4. The molecule has 0 saturated carbocycles. The Kier molecular flexibility index (Phi) is 7.19. The Balaban J connectivity index is 0.000000755. The average Bonchev–Trinajstić information content (AvgIpc) is 3.33. The lowest BCUT2D eigenvalue weighted by molar-refractivity contribution is -0.131. The summed E-state index contributed by atoms with van der Waals surface area (Å²) in [5.41, 5.74) is 1.20. The summed E-state index contributed by atoms with van der Waals surface area (Å²) in [6.07, 6.45) is 5.12. The van der Waals surface area contributed by atoms with E-state index in [0.29, 0.717) is 30.3 Å². The van der Waals surface area contributed by atoms with Gasteiger partial charge in [-0.05, 0) is 57.5 Å². The minimum Gasteiger partial charge on any atom is -0.483 e. The second-order valence-electron chi connectivity index (χ2n) is 8.65. The van der Waals surface area contributed by atoms with Crippen LogP contribution < -0.4 is 0 Å². The lowest BCUT2D eigenvalue weighted by Crippen LogP contribution is -2.40. The maximum Gasteiger partial charge on any atom is 0.290 e. The Hall–Kier alpha value is -1.63. The number of carbonyl (C=O) groups excluding carboxylic acids is 1. The van der Waals surface area contributed by atoms with Gasteiger partial charge in [-0.15, -0.1) is 0 Å². The molecule has 0 radical (unpaired) electrons. The third-order valence-corrected chi connectivity index (χ3v) is 6.73. The van der Waals surface area contributed by atoms with Crippen molar-refractivity contribution in [2.45, 2.75) is 43.8 Å². The van der Waals surface area contributed by atoms with Crippen molar-refractivity contribution in [3.8, 4) is 0 Å². The topological polar surface area (TPSA) is 70.1 Å². The Morgan fingerprint density at radius 3 is 2.72 bits per heavy atom. The van der Waals surface area contributed by atoms with Crippen molar-refractivity contribution in [3.05, 3.63) is 34.9 Å². The van der Waals surface area contributed by atoms with Crippen LogP contribution in [0.2, 0.25) is 5.02 Å². The molecule has 4 atom stereocenters. The van der Waals surface area contributed by atoms with E-state index in [0.717, 1.165) is 50.3 Å². The summed E-state index contributed by atoms with van der Waals surface area (Å²) in [5, 5.41) is 7.65. The second kappa shape index (κ2) is 9.45. The molecule has 3 fully saturated rings. The molecule has 1 amide bonds. The first-order valence-electron chi connectivity index (χ1n) is 10.3. The molecule has 29 heavy (non-hydrogen) atoms. The van der Waals surface area contributed by atoms with Crippen molar-refractivity contribution in [2.24, 2.45) is 11.8 Å². The fourth-order valence-electron chi connectivity index (χ4n) is 5.30. The number of hydrogen-bond donors (Lipinski definition) is 1. The highest BCUT2D eigenvalue weighted by molar-refractivity contribution is 6.30. The molecular formula is C22H31ClN2O4. The molecule has 3 heterocycles. The summed E-state index contributed by atoms with van der Waals surface area (Å²) in [6.45, 7) is 2.50. The fraction of sp³-hybridized carbons (Fsp3) is 0.636. The normalized spacial score (nSPS) is 29.5. The molecule has 6 nitrogen and oxygen atoms in total. The van der Waals surface area contributed by atoms with Gasteiger partial charge in [0.15, 0.2) is 0 Å². The van der Waals surface area contributed by atoms with E-state index in [-0.39, 0.29) is 12.1 Å². The number of carbonyl (C=O) groups is 2. The molecule has 1 N–H and O–H groups in total. The molecule has 3 aliphatic heterocycles. The molecule has 160 valence electrons. The van der Waals surface area contributed by atoms with Gasteiger partial charge in [0.1, 0.15) is 0 Å². The summed E-state index contributed by atoms with van der Waals surface area (Å²) in [7, 11) is 4.26. The van der Waals surface area contributed by atoms with Crippen LogP contribution in [0.25, 0.3) is 0 Å². The maximum atomic E-state index is 12.8. The number of rotatable bonds is 6. The number of ether oxygens (including phenoxy) is 1. The number of fused-ring (bicyclic) bond motifs is 1. The first-order chi connectivity index (χ1) is 13.9. The van der Waals surface area contributed by atoms with Gasteiger partial charge in [0.25, 0.3) is 6.47 Å². The molecule has 4 rings (SSSR count). The Morgan fingerprint density at radius 1 is 1.38 bits per heavy atom. The first-order valence-corrected chi connectivity index (χ1v) is 10.7. The smallest absolute Gasteiger partial charge is 0.290 e. The summed E-state index contributed by atoms with van der Waals surface area (Å²) < 4.78 is 6.43. The third-order valence-electron chi connectivity index (χ3n) is 6.48. The van der Waals surface area contributed by atoms with Crippen LogP contribution in [-0.4, -0.2) is 72.7 Å². The lowest BCUT2D eigenvalue weighted by atomic mass is 9.73. The van der Waals surface area contributed by atoms with Gasteiger partial charge >= 0.3 is 0 Å². The third kappa shape index (κ3) is 4.93. The van der Waals surface area contributed by atoms with Gasteiger partial charge in [0, 0.05) is 36.4 Å². The van der Waals surface area contributed by atoms with E-state index in [4.69, 9.17) is 26.2 Å². The van der Waals surface area contributed by atoms with Crippen LogP contribution in [0.5, 0.6) is 0 Å². The average molecular weight is 423 g/mol. The van der Waals surface area contributed by atoms with Crippen LogP contribution in [0.15, 0.2) is 24.3 Å². The number of amides is 1. The quantitative estimate of drug-likeness (QED) is 0.714. The zero-order valence-electron chi connectivity index (χ0n) is 17.2. The molecular weight excluding hydrogens is 392 g/mol. The maximum absolute atomic E-state index is 12.8. The van der Waals surface area contributed by atoms with Gasteiger partial charge in [0.2, 0.25) is 5.91 Å². The molecule has 0 aromatic heterocycles. The van der Waals surface area contributed by atoms with Crippen LogP contribution in [-0.2, 0) is 20.7 Å². The molecule has 3 saturated heterocycles. The van der Waals surface area contributed by atoms with Crippen LogP contribution in [0.1, 0.15) is 31.2 Å². The minimum atomic E-state index is -0.250. The van der Waals surface area contributed by atoms with Gasteiger partial charge < -0.3 is 19.6 Å². The summed E-state index contributed by atoms with van der Waals surface area (Å²) >= 11 is 5.93. The number of carboxylic acid groups (broad SMARTS) is 1. The minimum absolute atomic E-state index is 0.0445. The van der Waals surface area contributed by atoms with Gasteiger partial charge in [-0.25, -0.2) is 0 Å². The van der Waals surface area contributed by atoms with Crippen LogP contribution in [0, 0.1) is 11.8 Å². The zero-order valence-corrected chi connectivity index (χ0v) is 18.0. The van der Waals surface area contributed by atoms with Crippen LogP contribution >= 0.6 is 11.6 Å². The highest BCUT2D eigenvalue weighted by Gasteiger charge is 2.63. The van der Waals surface area contributed by atoms with E-state index in [2.05, 4.69) is 23.9 Å². The molecule has 1 aromatic rings. The van der Waals surface area contributed by atoms with Gasteiger partial charge in [-0.2, -0.15) is 0 Å². The van der Waals surface area contributed by atoms with Gasteiger partial charge in [0.05, 0.1) is 18.2 Å². The number of likely N-dealkylation sites (tertiary alicyclic amines) is 1. The van der Waals surface area contributed by atoms with Gasteiger partial charge in [-0.3, -0.25) is 9.59 Å². The van der Waals surface area contributed by atoms with E-state index in [9.17, 15) is 4.79 Å². The first kappa shape index (κ1) is 22.1. The fourth-order valence-corrected chi connectivity index (χ4v) is 5.43. The van der Waals surface area contributed by atoms with Crippen LogP contribution in [0.4, 0.5) is 0 Å². The van der Waals surface area contributed by atoms with Crippen molar-refractivity contribution in [2.75, 3.05) is 33.7 Å². The van der Waals surface area contributed by atoms with Crippen molar-refractivity contribution >= 4 is 24.0 Å². The van der Waals surface area contributed by atoms with Crippen molar-refractivity contribution in [1.29, 1.82) is 0 Å². The predicted molar refractivity (Wildman–Crippen MR) is 112 cm³/mol. The standard InChI is InChI=1S/C21H29ClN2O2.CH2O2/c1-23(2)12-17-18-13-24(14-21(18)11-10-19(17)26-21)20(25)5-3-4-15-6-8-16(22)9-7-15;2-1-3/h6-9,17-19H,3-5,10-14H2,1-2H3;1H,(H,2,3)/t17-,18+,19+,21+;/m0./s1. The van der Waals surface area contributed by atoms with Crippen molar-refractivity contribution < 1.29 is 19.4 Å². The Labute approximate surface area is 177 Å². The monoisotopic (exact) mass is 422 g/mol. The highest BCUT2D eigenvalue weighted by Crippen LogP contribution is 2.54. The molecule has 1 spiro atoms. The zero-order chi connectivity index (χ0) is 21.0. The molecule has 0 unspecified atom stereocenters. The lowest BCUT2D eigenvalue weighted by Gasteiger charge is -2.30. The van der Waals surface area contributed by atoms with E-state index in [1.807, 2.05) is 24.3 Å². The van der Waals surface area contributed by atoms with Gasteiger partial charge in [-0.1, -0.05) is 23.7 Å². The van der Waals surface area contributed by atoms with Crippen LogP contribution in [0.3, 0.4) is 0 Å². The molecule has 7 heteroatoms. The van der Waals surface area contributed by atoms with E-state index in [1.165, 1.54) is 5.56 Å². The van der Waals surface area contributed by atoms with E-state index in [1.54, 1.807) is 0 Å². The summed E-state index contributed by atoms with van der Waals surface area (Å²) in [4.78, 5) is 25.5. The highest BCUT2D eigenvalue weighted by atomic mass is 35.5. The SMILES string of the molecule is CN(C)C[C@H]1[C@H]2CN(C(=O)CCCc3ccc(Cl)cc3)C[C@]23CC[C@H]1O3.O=CO. The number of benzene rings is 1. The summed E-state index contributed by atoms with van der Waals surface area (Å²) in [6, 6.07) is 7.92. The molecule has 2 bridgehead atoms. The number of aryl methyl sites for hydroxylation is 1. The predicted octanol–water partition coefficient (Wildman–Crippen LogP) is 2.93. The largest absolute Gasteiger partial charge is 0.483 e. The summed E-state index contributed by atoms with van der Waals surface area (Å²) in [5.74, 6) is 1.38. The molecule has 0 aliphatic carbocycles. The van der Waals surface area contributed by atoms with Crippen molar-refractivity contribution in [3.63, 3.8) is 0 Å². The second-order valence-corrected chi connectivity index (χ2v) is 9.09. The molecule has 1 aromatic carbocycles.